The Balaban J connectivity index is 0.000000301. The van der Waals surface area contributed by atoms with E-state index >= 15 is 0 Å². The topological polar surface area (TPSA) is 67.3 Å². The van der Waals surface area contributed by atoms with Gasteiger partial charge in [0.25, 0.3) is 0 Å². The number of ketones is 2. The number of aromatic nitrogens is 1. The number of aliphatic hydroxyl groups excluding tert-OH is 1. The third kappa shape index (κ3) is 6.27. The Morgan fingerprint density at radius 3 is 2.23 bits per heavy atom. The van der Waals surface area contributed by atoms with E-state index in [1.807, 2.05) is 47.6 Å². The monoisotopic (exact) mass is 697 g/mol. The third-order valence-corrected chi connectivity index (χ3v) is 6.72. The van der Waals surface area contributed by atoms with Crippen LogP contribution in [0.25, 0.3) is 33.2 Å². The van der Waals surface area contributed by atoms with Gasteiger partial charge in [0.1, 0.15) is 0 Å². The maximum Gasteiger partial charge on any atom is 0.195 e. The first kappa shape index (κ1) is 30.1. The standard InChI is InChI=1S/C25H18NO.C9H16O2.Ir/c1-14-7-8-18-19-5-4-6-20-23(19)22(25(27)21(18)12-14)13-26-24(20)17-10-15(2)9-16(3)11-17;1-6(2)8(10)5-9(11)7(3)4;/h4-10,12-13H,1-3H3;5-7,10H,1-4H3;/q-1;;/b;8-5-;. The zero-order valence-corrected chi connectivity index (χ0v) is 25.9. The molecule has 0 fully saturated rings. The number of nitrogens with zero attached hydrogens (tertiary/aromatic N) is 1. The van der Waals surface area contributed by atoms with Gasteiger partial charge in [-0.2, -0.15) is 0 Å². The molecule has 4 nitrogen and oxygen atoms in total. The van der Waals surface area contributed by atoms with Gasteiger partial charge in [-0.25, -0.2) is 0 Å². The molecule has 0 saturated heterocycles. The molecule has 1 N–H and O–H groups in total. The third-order valence-electron chi connectivity index (χ3n) is 6.72. The summed E-state index contributed by atoms with van der Waals surface area (Å²) in [6, 6.07) is 19.9. The van der Waals surface area contributed by atoms with Crippen LogP contribution in [0.15, 0.2) is 66.6 Å². The SMILES string of the molecule is CC(C)C(=O)/C=C(\O)C(C)C.Cc1[c-]c(-c2ncc3c4c(cccc24)-c2ccc(C)cc2C3=O)cc(C)c1.[Ir]. The maximum absolute atomic E-state index is 13.2. The van der Waals surface area contributed by atoms with Gasteiger partial charge in [0.2, 0.25) is 0 Å². The molecule has 0 aliphatic heterocycles. The van der Waals surface area contributed by atoms with Crippen LogP contribution >= 0.6 is 0 Å². The van der Waals surface area contributed by atoms with Crippen molar-refractivity contribution in [3.8, 4) is 22.4 Å². The van der Waals surface area contributed by atoms with E-state index in [1.54, 1.807) is 6.20 Å². The van der Waals surface area contributed by atoms with Crippen molar-refractivity contribution in [1.82, 2.24) is 4.98 Å². The fourth-order valence-electron chi connectivity index (χ4n) is 4.64. The van der Waals surface area contributed by atoms with E-state index in [0.717, 1.165) is 49.8 Å². The van der Waals surface area contributed by atoms with Gasteiger partial charge in [0, 0.05) is 55.3 Å². The molecule has 1 heterocycles. The van der Waals surface area contributed by atoms with Crippen molar-refractivity contribution in [2.45, 2.75) is 48.5 Å². The molecule has 1 aromatic heterocycles. The van der Waals surface area contributed by atoms with E-state index in [4.69, 9.17) is 4.98 Å². The maximum atomic E-state index is 13.2. The van der Waals surface area contributed by atoms with E-state index in [1.165, 1.54) is 11.6 Å². The van der Waals surface area contributed by atoms with Gasteiger partial charge in [-0.05, 0) is 40.6 Å². The van der Waals surface area contributed by atoms with Gasteiger partial charge in [0.15, 0.2) is 11.6 Å². The summed E-state index contributed by atoms with van der Waals surface area (Å²) < 4.78 is 0. The van der Waals surface area contributed by atoms with Crippen LogP contribution in [0.1, 0.15) is 60.3 Å². The molecule has 203 valence electrons. The van der Waals surface area contributed by atoms with Gasteiger partial charge < -0.3 is 10.1 Å². The minimum atomic E-state index is -0.0316. The Morgan fingerprint density at radius 1 is 0.872 bits per heavy atom. The predicted octanol–water partition coefficient (Wildman–Crippen LogP) is 8.15. The molecule has 3 aromatic carbocycles. The number of aliphatic hydroxyl groups is 1. The van der Waals surface area contributed by atoms with Gasteiger partial charge in [-0.15, -0.1) is 34.9 Å². The molecule has 5 rings (SSSR count). The number of allylic oxidation sites excluding steroid dienone is 2. The molecule has 4 aromatic rings. The van der Waals surface area contributed by atoms with Crippen LogP contribution in [0.4, 0.5) is 0 Å². The molecule has 1 aliphatic carbocycles. The summed E-state index contributed by atoms with van der Waals surface area (Å²) in [4.78, 5) is 28.9. The Kier molecular flexibility index (Phi) is 9.42. The normalized spacial score (nSPS) is 12.1. The number of rotatable bonds is 4. The first-order chi connectivity index (χ1) is 18.0. The average molecular weight is 697 g/mol. The van der Waals surface area contributed by atoms with Crippen molar-refractivity contribution in [2.24, 2.45) is 11.8 Å². The molecule has 0 atom stereocenters. The van der Waals surface area contributed by atoms with Crippen molar-refractivity contribution in [3.63, 3.8) is 0 Å². The Bertz CT molecular complexity index is 1580. The predicted molar refractivity (Wildman–Crippen MR) is 154 cm³/mol. The van der Waals surface area contributed by atoms with Crippen LogP contribution in [0.2, 0.25) is 0 Å². The number of aryl methyl sites for hydroxylation is 3. The van der Waals surface area contributed by atoms with Crippen molar-refractivity contribution >= 4 is 22.3 Å². The van der Waals surface area contributed by atoms with Crippen molar-refractivity contribution < 1.29 is 34.8 Å². The number of hydrogen-bond acceptors (Lipinski definition) is 4. The number of pyridine rings is 1. The summed E-state index contributed by atoms with van der Waals surface area (Å²) in [6.45, 7) is 13.5. The number of benzene rings is 3. The summed E-state index contributed by atoms with van der Waals surface area (Å²) in [5.41, 5.74) is 8.77. The second-order valence-corrected chi connectivity index (χ2v) is 10.7. The van der Waals surface area contributed by atoms with E-state index in [0.29, 0.717) is 5.56 Å². The van der Waals surface area contributed by atoms with Crippen LogP contribution in [0.3, 0.4) is 0 Å². The minimum Gasteiger partial charge on any atom is -0.512 e. The molecule has 39 heavy (non-hydrogen) atoms. The largest absolute Gasteiger partial charge is 0.512 e. The number of carbonyl (C=O) groups excluding carboxylic acids is 2. The Labute approximate surface area is 244 Å². The van der Waals surface area contributed by atoms with Crippen LogP contribution in [0, 0.1) is 38.7 Å². The van der Waals surface area contributed by atoms with Gasteiger partial charge in [-0.1, -0.05) is 77.4 Å². The minimum absolute atomic E-state index is 0. The summed E-state index contributed by atoms with van der Waals surface area (Å²) in [6.07, 6.45) is 3.05. The van der Waals surface area contributed by atoms with Gasteiger partial charge in [0.05, 0.1) is 5.76 Å². The molecule has 0 saturated carbocycles. The zero-order chi connectivity index (χ0) is 27.7. The van der Waals surface area contributed by atoms with Crippen molar-refractivity contribution in [2.75, 3.05) is 0 Å². The zero-order valence-electron chi connectivity index (χ0n) is 23.5. The Morgan fingerprint density at radius 2 is 1.59 bits per heavy atom. The fourth-order valence-corrected chi connectivity index (χ4v) is 4.64. The first-order valence-electron chi connectivity index (χ1n) is 13.0. The number of carbonyl (C=O) groups is 2. The first-order valence-corrected chi connectivity index (χ1v) is 13.0. The van der Waals surface area contributed by atoms with Crippen LogP contribution in [-0.2, 0) is 24.9 Å². The van der Waals surface area contributed by atoms with E-state index < -0.39 is 0 Å². The molecule has 0 spiro atoms. The number of fused-ring (bicyclic) bond motifs is 2. The fraction of sp³-hybridized carbons (Fsp3) is 0.265. The second kappa shape index (κ2) is 12.2. The Hall–Kier alpha value is -3.40. The van der Waals surface area contributed by atoms with E-state index in [2.05, 4.69) is 55.5 Å². The molecular formula is C34H34IrNO3-. The van der Waals surface area contributed by atoms with E-state index in [9.17, 15) is 14.7 Å². The smallest absolute Gasteiger partial charge is 0.195 e. The number of hydrogen-bond donors (Lipinski definition) is 1. The second-order valence-electron chi connectivity index (χ2n) is 10.7. The molecule has 1 radical (unpaired) electrons. The average Bonchev–Trinajstić information content (AvgIpc) is 2.86. The summed E-state index contributed by atoms with van der Waals surface area (Å²) in [5.74, 6) is 0.217. The molecular weight excluding hydrogens is 663 g/mol. The van der Waals surface area contributed by atoms with Crippen molar-refractivity contribution in [3.05, 3.63) is 100 Å². The van der Waals surface area contributed by atoms with Gasteiger partial charge >= 0.3 is 0 Å². The quantitative estimate of drug-likeness (QED) is 0.117. The van der Waals surface area contributed by atoms with Crippen LogP contribution in [-0.4, -0.2) is 21.7 Å². The van der Waals surface area contributed by atoms with Gasteiger partial charge in [-0.3, -0.25) is 9.59 Å². The molecule has 0 unspecified atom stereocenters. The summed E-state index contributed by atoms with van der Waals surface area (Å²) in [5, 5.41) is 11.2. The molecule has 1 aliphatic rings. The summed E-state index contributed by atoms with van der Waals surface area (Å²) in [7, 11) is 0. The van der Waals surface area contributed by atoms with Crippen LogP contribution in [0.5, 0.6) is 0 Å². The molecule has 0 amide bonds. The van der Waals surface area contributed by atoms with Crippen molar-refractivity contribution in [1.29, 1.82) is 0 Å². The van der Waals surface area contributed by atoms with Crippen LogP contribution < -0.4 is 0 Å². The molecule has 0 bridgehead atoms. The van der Waals surface area contributed by atoms with E-state index in [-0.39, 0.29) is 49.3 Å². The molecule has 5 heteroatoms. The summed E-state index contributed by atoms with van der Waals surface area (Å²) >= 11 is 0.